The molecule has 4 heteroatoms. The van der Waals surface area contributed by atoms with E-state index in [-0.39, 0.29) is 5.91 Å². The van der Waals surface area contributed by atoms with Gasteiger partial charge in [0.1, 0.15) is 12.4 Å². The molecule has 3 aromatic rings. The Morgan fingerprint density at radius 2 is 1.92 bits per heavy atom. The number of likely N-dealkylation sites (tertiary alicyclic amines) is 1. The Kier molecular flexibility index (Phi) is 4.65. The van der Waals surface area contributed by atoms with Crippen LogP contribution in [0.25, 0.3) is 10.9 Å². The highest BCUT2D eigenvalue weighted by Crippen LogP contribution is 2.34. The first-order valence-corrected chi connectivity index (χ1v) is 9.24. The van der Waals surface area contributed by atoms with Crippen LogP contribution in [0.3, 0.4) is 0 Å². The van der Waals surface area contributed by atoms with Crippen molar-refractivity contribution < 1.29 is 9.53 Å². The number of hydrogen-bond acceptors (Lipinski definition) is 2. The molecule has 1 saturated heterocycles. The number of fused-ring (bicyclic) bond motifs is 1. The van der Waals surface area contributed by atoms with E-state index in [4.69, 9.17) is 4.74 Å². The van der Waals surface area contributed by atoms with Crippen LogP contribution in [0.2, 0.25) is 0 Å². The Labute approximate surface area is 153 Å². The van der Waals surface area contributed by atoms with Crippen LogP contribution in [-0.2, 0) is 11.4 Å². The van der Waals surface area contributed by atoms with Crippen molar-refractivity contribution in [1.82, 2.24) is 9.88 Å². The third-order valence-electron chi connectivity index (χ3n) is 5.31. The zero-order chi connectivity index (χ0) is 17.9. The molecule has 1 fully saturated rings. The Morgan fingerprint density at radius 3 is 2.65 bits per heavy atom. The smallest absolute Gasteiger partial charge is 0.219 e. The molecule has 0 atom stereocenters. The highest BCUT2D eigenvalue weighted by molar-refractivity contribution is 5.85. The molecule has 0 radical (unpaired) electrons. The van der Waals surface area contributed by atoms with Crippen molar-refractivity contribution in [1.29, 1.82) is 0 Å². The second-order valence-electron chi connectivity index (χ2n) is 7.01. The number of nitrogens with zero attached hydrogens (tertiary/aromatic N) is 1. The van der Waals surface area contributed by atoms with Gasteiger partial charge in [0.05, 0.1) is 0 Å². The molecule has 2 aromatic carbocycles. The molecule has 2 heterocycles. The minimum Gasteiger partial charge on any atom is -0.489 e. The van der Waals surface area contributed by atoms with Crippen molar-refractivity contribution in [3.05, 3.63) is 65.9 Å². The van der Waals surface area contributed by atoms with E-state index in [9.17, 15) is 4.79 Å². The summed E-state index contributed by atoms with van der Waals surface area (Å²) >= 11 is 0. The predicted molar refractivity (Wildman–Crippen MR) is 103 cm³/mol. The minimum atomic E-state index is 0.183. The number of carbonyl (C=O) groups excluding carboxylic acids is 1. The number of aromatic nitrogens is 1. The number of piperidine rings is 1. The Bertz CT molecular complexity index is 893. The molecule has 134 valence electrons. The number of amides is 1. The third-order valence-corrected chi connectivity index (χ3v) is 5.31. The standard InChI is InChI=1S/C22H24N2O2/c1-16(25)24-11-9-18(10-12-24)21-14-23-22-13-19(7-8-20(21)22)26-15-17-5-3-2-4-6-17/h2-8,13-14,18,23H,9-12,15H2,1H3. The van der Waals surface area contributed by atoms with Gasteiger partial charge in [0.25, 0.3) is 0 Å². The number of benzene rings is 2. The van der Waals surface area contributed by atoms with Crippen molar-refractivity contribution >= 4 is 16.8 Å². The maximum atomic E-state index is 11.5. The molecule has 1 aliphatic heterocycles. The van der Waals surface area contributed by atoms with Gasteiger partial charge in [0.2, 0.25) is 5.91 Å². The van der Waals surface area contributed by atoms with E-state index < -0.39 is 0 Å². The first-order valence-electron chi connectivity index (χ1n) is 9.24. The zero-order valence-electron chi connectivity index (χ0n) is 15.1. The summed E-state index contributed by atoms with van der Waals surface area (Å²) < 4.78 is 5.93. The van der Waals surface area contributed by atoms with Gasteiger partial charge in [-0.3, -0.25) is 4.79 Å². The molecule has 0 aliphatic carbocycles. The SMILES string of the molecule is CC(=O)N1CCC(c2c[nH]c3cc(OCc4ccccc4)ccc23)CC1. The number of nitrogens with one attached hydrogen (secondary N) is 1. The van der Waals surface area contributed by atoms with Gasteiger partial charge in [0.15, 0.2) is 0 Å². The predicted octanol–water partition coefficient (Wildman–Crippen LogP) is 4.47. The highest BCUT2D eigenvalue weighted by atomic mass is 16.5. The number of rotatable bonds is 4. The quantitative estimate of drug-likeness (QED) is 0.756. The fourth-order valence-electron chi connectivity index (χ4n) is 3.80. The van der Waals surface area contributed by atoms with Crippen LogP contribution in [0.5, 0.6) is 5.75 Å². The van der Waals surface area contributed by atoms with Crippen molar-refractivity contribution in [3.63, 3.8) is 0 Å². The fraction of sp³-hybridized carbons (Fsp3) is 0.318. The molecule has 0 bridgehead atoms. The Balaban J connectivity index is 1.46. The normalized spacial score (nSPS) is 15.3. The van der Waals surface area contributed by atoms with E-state index in [0.717, 1.165) is 42.8 Å². The number of ether oxygens (including phenoxy) is 1. The topological polar surface area (TPSA) is 45.3 Å². The van der Waals surface area contributed by atoms with E-state index in [1.807, 2.05) is 29.2 Å². The highest BCUT2D eigenvalue weighted by Gasteiger charge is 2.23. The van der Waals surface area contributed by atoms with Crippen molar-refractivity contribution in [3.8, 4) is 5.75 Å². The molecular weight excluding hydrogens is 324 g/mol. The Morgan fingerprint density at radius 1 is 1.15 bits per heavy atom. The first kappa shape index (κ1) is 16.7. The lowest BCUT2D eigenvalue weighted by Gasteiger charge is -2.31. The van der Waals surface area contributed by atoms with Crippen LogP contribution < -0.4 is 4.74 Å². The van der Waals surface area contributed by atoms with Gasteiger partial charge in [-0.05, 0) is 42.0 Å². The van der Waals surface area contributed by atoms with Crippen LogP contribution in [0.1, 0.15) is 36.8 Å². The first-order chi connectivity index (χ1) is 12.7. The van der Waals surface area contributed by atoms with Crippen molar-refractivity contribution in [2.45, 2.75) is 32.3 Å². The van der Waals surface area contributed by atoms with E-state index in [1.165, 1.54) is 10.9 Å². The lowest BCUT2D eigenvalue weighted by molar-refractivity contribution is -0.129. The van der Waals surface area contributed by atoms with Crippen LogP contribution in [-0.4, -0.2) is 28.9 Å². The van der Waals surface area contributed by atoms with E-state index in [1.54, 1.807) is 6.92 Å². The average molecular weight is 348 g/mol. The van der Waals surface area contributed by atoms with Gasteiger partial charge in [-0.25, -0.2) is 0 Å². The summed E-state index contributed by atoms with van der Waals surface area (Å²) in [6, 6.07) is 16.5. The van der Waals surface area contributed by atoms with E-state index in [2.05, 4.69) is 35.4 Å². The van der Waals surface area contributed by atoms with Crippen molar-refractivity contribution in [2.75, 3.05) is 13.1 Å². The summed E-state index contributed by atoms with van der Waals surface area (Å²) in [4.78, 5) is 16.9. The molecule has 1 aromatic heterocycles. The van der Waals surface area contributed by atoms with Gasteiger partial charge in [0, 0.05) is 43.2 Å². The minimum absolute atomic E-state index is 0.183. The molecule has 26 heavy (non-hydrogen) atoms. The Hall–Kier alpha value is -2.75. The van der Waals surface area contributed by atoms with Crippen molar-refractivity contribution in [2.24, 2.45) is 0 Å². The largest absolute Gasteiger partial charge is 0.489 e. The molecule has 0 unspecified atom stereocenters. The molecule has 4 nitrogen and oxygen atoms in total. The summed E-state index contributed by atoms with van der Waals surface area (Å²) in [5.74, 6) is 1.57. The maximum absolute atomic E-state index is 11.5. The summed E-state index contributed by atoms with van der Waals surface area (Å²) in [5, 5.41) is 1.26. The third kappa shape index (κ3) is 3.45. The van der Waals surface area contributed by atoms with Gasteiger partial charge in [-0.15, -0.1) is 0 Å². The fourth-order valence-corrected chi connectivity index (χ4v) is 3.80. The van der Waals surface area contributed by atoms with Gasteiger partial charge in [-0.1, -0.05) is 30.3 Å². The van der Waals surface area contributed by atoms with Gasteiger partial charge < -0.3 is 14.6 Å². The molecule has 1 aliphatic rings. The maximum Gasteiger partial charge on any atom is 0.219 e. The van der Waals surface area contributed by atoms with Crippen LogP contribution in [0.4, 0.5) is 0 Å². The number of H-pyrrole nitrogens is 1. The molecule has 1 N–H and O–H groups in total. The average Bonchev–Trinajstić information content (AvgIpc) is 3.10. The van der Waals surface area contributed by atoms with E-state index in [0.29, 0.717) is 12.5 Å². The zero-order valence-corrected chi connectivity index (χ0v) is 15.1. The second-order valence-corrected chi connectivity index (χ2v) is 7.01. The monoisotopic (exact) mass is 348 g/mol. The van der Waals surface area contributed by atoms with Crippen LogP contribution in [0, 0.1) is 0 Å². The molecule has 4 rings (SSSR count). The lowest BCUT2D eigenvalue weighted by Crippen LogP contribution is -2.36. The number of hydrogen-bond donors (Lipinski definition) is 1. The summed E-state index contributed by atoms with van der Waals surface area (Å²) in [6.07, 6.45) is 4.18. The molecular formula is C22H24N2O2. The van der Waals surface area contributed by atoms with Crippen LogP contribution >= 0.6 is 0 Å². The van der Waals surface area contributed by atoms with Gasteiger partial charge in [-0.2, -0.15) is 0 Å². The number of carbonyl (C=O) groups is 1. The van der Waals surface area contributed by atoms with E-state index >= 15 is 0 Å². The molecule has 0 saturated carbocycles. The summed E-state index contributed by atoms with van der Waals surface area (Å²) in [5.41, 5.74) is 3.63. The molecule has 0 spiro atoms. The van der Waals surface area contributed by atoms with Crippen LogP contribution in [0.15, 0.2) is 54.7 Å². The molecule has 1 amide bonds. The number of aromatic amines is 1. The second kappa shape index (κ2) is 7.24. The lowest BCUT2D eigenvalue weighted by atomic mass is 9.89. The van der Waals surface area contributed by atoms with Gasteiger partial charge >= 0.3 is 0 Å². The summed E-state index contributed by atoms with van der Waals surface area (Å²) in [6.45, 7) is 3.93. The summed E-state index contributed by atoms with van der Waals surface area (Å²) in [7, 11) is 0.